The van der Waals surface area contributed by atoms with Crippen LogP contribution in [-0.2, 0) is 14.8 Å². The number of methoxy groups -OCH3 is 2. The van der Waals surface area contributed by atoms with Crippen LogP contribution in [0.15, 0.2) is 36.4 Å². The fraction of sp³-hybridized carbons (Fsp3) is 0.409. The highest BCUT2D eigenvalue weighted by atomic mass is 32.2. The van der Waals surface area contributed by atoms with Crippen molar-refractivity contribution in [2.75, 3.05) is 24.8 Å². The molecule has 2 atom stereocenters. The van der Waals surface area contributed by atoms with E-state index in [2.05, 4.69) is 5.32 Å². The largest absolute Gasteiger partial charge is 0.497 e. The molecule has 0 aliphatic carbocycles. The summed E-state index contributed by atoms with van der Waals surface area (Å²) < 4.78 is 36.9. The van der Waals surface area contributed by atoms with Crippen molar-refractivity contribution in [1.82, 2.24) is 5.32 Å². The summed E-state index contributed by atoms with van der Waals surface area (Å²) >= 11 is 0. The minimum atomic E-state index is -3.80. The summed E-state index contributed by atoms with van der Waals surface area (Å²) in [5, 5.41) is 2.94. The average molecular weight is 435 g/mol. The molecule has 8 heteroatoms. The number of hydrogen-bond donors (Lipinski definition) is 1. The molecule has 0 bridgehead atoms. The number of ether oxygens (including phenoxy) is 2. The molecule has 0 radical (unpaired) electrons. The Morgan fingerprint density at radius 2 is 1.70 bits per heavy atom. The number of sulfonamides is 1. The van der Waals surface area contributed by atoms with Gasteiger partial charge in [-0.15, -0.1) is 0 Å². The molecule has 2 aromatic rings. The maximum absolute atomic E-state index is 13.0. The highest BCUT2D eigenvalue weighted by Crippen LogP contribution is 2.35. The van der Waals surface area contributed by atoms with E-state index in [0.717, 1.165) is 27.3 Å². The number of aryl methyl sites for hydroxylation is 2. The molecule has 30 heavy (non-hydrogen) atoms. The van der Waals surface area contributed by atoms with Crippen LogP contribution in [0, 0.1) is 13.8 Å². The van der Waals surface area contributed by atoms with E-state index < -0.39 is 22.0 Å². The maximum atomic E-state index is 13.0. The molecule has 2 rings (SSSR count). The van der Waals surface area contributed by atoms with E-state index in [0.29, 0.717) is 11.5 Å². The Morgan fingerprint density at radius 1 is 1.03 bits per heavy atom. The molecule has 2 unspecified atom stereocenters. The molecule has 0 aliphatic heterocycles. The van der Waals surface area contributed by atoms with Crippen molar-refractivity contribution in [3.63, 3.8) is 0 Å². The van der Waals surface area contributed by atoms with Crippen molar-refractivity contribution in [2.45, 2.75) is 39.8 Å². The molecule has 0 fully saturated rings. The van der Waals surface area contributed by atoms with E-state index in [-0.39, 0.29) is 11.7 Å². The Balaban J connectivity index is 2.40. The number of hydrogen-bond acceptors (Lipinski definition) is 5. The Hall–Kier alpha value is -2.74. The first-order valence-electron chi connectivity index (χ1n) is 9.58. The molecule has 0 heterocycles. The van der Waals surface area contributed by atoms with E-state index in [1.807, 2.05) is 39.0 Å². The highest BCUT2D eigenvalue weighted by Gasteiger charge is 2.32. The highest BCUT2D eigenvalue weighted by molar-refractivity contribution is 7.92. The molecule has 164 valence electrons. The van der Waals surface area contributed by atoms with Crippen LogP contribution in [0.1, 0.15) is 36.6 Å². The zero-order valence-corrected chi connectivity index (χ0v) is 19.3. The Bertz CT molecular complexity index is 1020. The Labute approximate surface area is 179 Å². The first-order valence-corrected chi connectivity index (χ1v) is 11.4. The molecule has 0 saturated heterocycles. The minimum absolute atomic E-state index is 0.237. The van der Waals surface area contributed by atoms with Crippen LogP contribution in [0.4, 0.5) is 5.69 Å². The fourth-order valence-electron chi connectivity index (χ4n) is 3.39. The molecular weight excluding hydrogens is 404 g/mol. The van der Waals surface area contributed by atoms with E-state index >= 15 is 0 Å². The third-order valence-electron chi connectivity index (χ3n) is 4.97. The average Bonchev–Trinajstić information content (AvgIpc) is 2.68. The number of anilines is 1. The summed E-state index contributed by atoms with van der Waals surface area (Å²) in [4.78, 5) is 13.0. The SMILES string of the molecule is COc1ccc(OC)c(N(C(C)C(=O)NC(C)c2cc(C)ccc2C)S(C)(=O)=O)c1. The van der Waals surface area contributed by atoms with Crippen LogP contribution < -0.4 is 19.1 Å². The second kappa shape index (κ2) is 9.38. The lowest BCUT2D eigenvalue weighted by molar-refractivity contribution is -0.122. The van der Waals surface area contributed by atoms with Gasteiger partial charge in [0.1, 0.15) is 17.5 Å². The van der Waals surface area contributed by atoms with Gasteiger partial charge in [-0.1, -0.05) is 23.8 Å². The Kier molecular flexibility index (Phi) is 7.36. The summed E-state index contributed by atoms with van der Waals surface area (Å²) in [5.41, 5.74) is 3.36. The molecule has 7 nitrogen and oxygen atoms in total. The van der Waals surface area contributed by atoms with Crippen LogP contribution in [0.3, 0.4) is 0 Å². The fourth-order valence-corrected chi connectivity index (χ4v) is 4.56. The van der Waals surface area contributed by atoms with Crippen LogP contribution in [0.25, 0.3) is 0 Å². The molecular formula is C22H30N2O5S. The first kappa shape index (κ1) is 23.5. The van der Waals surface area contributed by atoms with Gasteiger partial charge in [-0.2, -0.15) is 0 Å². The molecule has 0 saturated carbocycles. The summed E-state index contributed by atoms with van der Waals surface area (Å²) in [6.07, 6.45) is 1.06. The number of carbonyl (C=O) groups is 1. The van der Waals surface area contributed by atoms with Crippen LogP contribution >= 0.6 is 0 Å². The quantitative estimate of drug-likeness (QED) is 0.689. The van der Waals surface area contributed by atoms with Gasteiger partial charge in [-0.05, 0) is 51.0 Å². The lowest BCUT2D eigenvalue weighted by Crippen LogP contribution is -2.48. The molecule has 1 N–H and O–H groups in total. The third kappa shape index (κ3) is 5.24. The monoisotopic (exact) mass is 434 g/mol. The van der Waals surface area contributed by atoms with Crippen LogP contribution in [-0.4, -0.2) is 40.8 Å². The van der Waals surface area contributed by atoms with Gasteiger partial charge in [0.25, 0.3) is 0 Å². The van der Waals surface area contributed by atoms with Gasteiger partial charge < -0.3 is 14.8 Å². The first-order chi connectivity index (χ1) is 14.0. The smallest absolute Gasteiger partial charge is 0.244 e. The summed E-state index contributed by atoms with van der Waals surface area (Å²) in [6.45, 7) is 7.39. The predicted molar refractivity (Wildman–Crippen MR) is 119 cm³/mol. The van der Waals surface area contributed by atoms with Gasteiger partial charge >= 0.3 is 0 Å². The normalized spacial score (nSPS) is 13.3. The van der Waals surface area contributed by atoms with Crippen molar-refractivity contribution in [1.29, 1.82) is 0 Å². The van der Waals surface area contributed by atoms with Crippen LogP contribution in [0.2, 0.25) is 0 Å². The van der Waals surface area contributed by atoms with Crippen molar-refractivity contribution < 1.29 is 22.7 Å². The number of nitrogens with zero attached hydrogens (tertiary/aromatic N) is 1. The van der Waals surface area contributed by atoms with Gasteiger partial charge in [-0.3, -0.25) is 9.10 Å². The van der Waals surface area contributed by atoms with Crippen molar-refractivity contribution in [3.8, 4) is 11.5 Å². The van der Waals surface area contributed by atoms with Crippen LogP contribution in [0.5, 0.6) is 11.5 Å². The zero-order chi connectivity index (χ0) is 22.6. The third-order valence-corrected chi connectivity index (χ3v) is 6.20. The van der Waals surface area contributed by atoms with E-state index in [4.69, 9.17) is 9.47 Å². The van der Waals surface area contributed by atoms with Crippen molar-refractivity contribution in [3.05, 3.63) is 53.1 Å². The molecule has 0 aliphatic rings. The van der Waals surface area contributed by atoms with Gasteiger partial charge in [0.05, 0.1) is 32.2 Å². The topological polar surface area (TPSA) is 84.9 Å². The molecule has 1 amide bonds. The number of rotatable bonds is 8. The van der Waals surface area contributed by atoms with E-state index in [9.17, 15) is 13.2 Å². The zero-order valence-electron chi connectivity index (χ0n) is 18.5. The van der Waals surface area contributed by atoms with Gasteiger partial charge in [0.15, 0.2) is 0 Å². The summed E-state index contributed by atoms with van der Waals surface area (Å²) in [5.74, 6) is 0.359. The molecule has 0 aromatic heterocycles. The lowest BCUT2D eigenvalue weighted by atomic mass is 10.00. The van der Waals surface area contributed by atoms with Gasteiger partial charge in [-0.25, -0.2) is 8.42 Å². The lowest BCUT2D eigenvalue weighted by Gasteiger charge is -2.30. The second-order valence-electron chi connectivity index (χ2n) is 7.36. The van der Waals surface area contributed by atoms with Crippen molar-refractivity contribution >= 4 is 21.6 Å². The standard InChI is InChI=1S/C22H30N2O5S/c1-14-8-9-15(2)19(12-14)16(3)23-22(25)17(4)24(30(7,26)27)20-13-18(28-5)10-11-21(20)29-6/h8-13,16-17H,1-7H3,(H,23,25). The minimum Gasteiger partial charge on any atom is -0.497 e. The van der Waals surface area contributed by atoms with E-state index in [1.165, 1.54) is 20.3 Å². The van der Waals surface area contributed by atoms with Gasteiger partial charge in [0.2, 0.25) is 15.9 Å². The van der Waals surface area contributed by atoms with Crippen molar-refractivity contribution in [2.24, 2.45) is 0 Å². The number of amides is 1. The number of benzene rings is 2. The maximum Gasteiger partial charge on any atom is 0.244 e. The molecule has 0 spiro atoms. The predicted octanol–water partition coefficient (Wildman–Crippen LogP) is 3.35. The second-order valence-corrected chi connectivity index (χ2v) is 9.22. The van der Waals surface area contributed by atoms with E-state index in [1.54, 1.807) is 19.1 Å². The summed E-state index contributed by atoms with van der Waals surface area (Å²) in [6, 6.07) is 9.55. The number of nitrogens with one attached hydrogen (secondary N) is 1. The summed E-state index contributed by atoms with van der Waals surface area (Å²) in [7, 11) is -0.870. The molecule has 2 aromatic carbocycles. The number of carbonyl (C=O) groups excluding carboxylic acids is 1. The Morgan fingerprint density at radius 3 is 2.27 bits per heavy atom. The van der Waals surface area contributed by atoms with Gasteiger partial charge in [0, 0.05) is 6.07 Å².